The molecule has 1 fully saturated rings. The van der Waals surface area contributed by atoms with Crippen LogP contribution in [0.2, 0.25) is 10.0 Å². The highest BCUT2D eigenvalue weighted by Crippen LogP contribution is 2.46. The number of nitriles is 1. The summed E-state index contributed by atoms with van der Waals surface area (Å²) in [4.78, 5) is 15.9. The molecule has 3 heterocycles. The van der Waals surface area contributed by atoms with Crippen LogP contribution < -0.4 is 15.8 Å². The van der Waals surface area contributed by atoms with E-state index in [-0.39, 0.29) is 16.9 Å². The molecule has 1 aromatic carbocycles. The van der Waals surface area contributed by atoms with Crippen LogP contribution in [0.5, 0.6) is 0 Å². The van der Waals surface area contributed by atoms with E-state index in [1.165, 1.54) is 11.1 Å². The first-order valence-corrected chi connectivity index (χ1v) is 14.4. The number of nitrogens with two attached hydrogens (primary N) is 2. The highest BCUT2D eigenvalue weighted by Gasteiger charge is 2.43. The molecule has 0 bridgehead atoms. The maximum atomic E-state index is 12.1. The first-order chi connectivity index (χ1) is 18.0. The van der Waals surface area contributed by atoms with Crippen molar-refractivity contribution in [1.29, 1.82) is 5.26 Å². The van der Waals surface area contributed by atoms with E-state index in [0.717, 1.165) is 44.5 Å². The van der Waals surface area contributed by atoms with Crippen LogP contribution in [-0.2, 0) is 30.6 Å². The Hall–Kier alpha value is -2.61. The summed E-state index contributed by atoms with van der Waals surface area (Å²) in [6.45, 7) is 5.35. The third-order valence-electron chi connectivity index (χ3n) is 7.86. The highest BCUT2D eigenvalue weighted by molar-refractivity contribution is 7.90. The average Bonchev–Trinajstić information content (AvgIpc) is 3.24. The van der Waals surface area contributed by atoms with Crippen molar-refractivity contribution in [3.63, 3.8) is 0 Å². The minimum Gasteiger partial charge on any atom is -0.598 e. The number of hydrogen-bond donors (Lipinski definition) is 2. The monoisotopic (exact) mass is 569 g/mol. The standard InChI is InChI=1S/C27H29Cl2N7OS/c1-26(2,38(32)37)12-16-6-9-33-20-14-27(13-18(16)20)7-10-36(11-8-27)25-34-21(15-30)22(24(31)35-25)17-4-3-5-19(28)23(17)29/h3-6,9H,7-8,10-14,32H2,1-2H3,(H2,31,34,35). The summed E-state index contributed by atoms with van der Waals surface area (Å²) < 4.78 is 11.5. The van der Waals surface area contributed by atoms with Gasteiger partial charge in [-0.15, -0.1) is 0 Å². The number of aromatic nitrogens is 3. The van der Waals surface area contributed by atoms with Crippen molar-refractivity contribution in [3.05, 3.63) is 63.0 Å². The number of nitrogen functional groups attached to an aromatic ring is 1. The fourth-order valence-corrected chi connectivity index (χ4v) is 6.32. The van der Waals surface area contributed by atoms with Crippen LogP contribution in [0.4, 0.5) is 11.8 Å². The summed E-state index contributed by atoms with van der Waals surface area (Å²) in [6.07, 6.45) is 6.21. The largest absolute Gasteiger partial charge is 0.598 e. The van der Waals surface area contributed by atoms with Crippen molar-refractivity contribution in [2.45, 2.75) is 50.7 Å². The van der Waals surface area contributed by atoms with Crippen LogP contribution >= 0.6 is 23.2 Å². The molecule has 1 atom stereocenters. The average molecular weight is 571 g/mol. The van der Waals surface area contributed by atoms with Crippen molar-refractivity contribution in [1.82, 2.24) is 15.0 Å². The van der Waals surface area contributed by atoms with Gasteiger partial charge in [-0.2, -0.15) is 15.4 Å². The van der Waals surface area contributed by atoms with Crippen molar-refractivity contribution in [2.24, 2.45) is 10.6 Å². The van der Waals surface area contributed by atoms with Gasteiger partial charge < -0.3 is 15.2 Å². The molecule has 0 saturated carbocycles. The number of benzene rings is 1. The molecule has 0 radical (unpaired) electrons. The predicted octanol–water partition coefficient (Wildman–Crippen LogP) is 4.63. The fourth-order valence-electron chi connectivity index (χ4n) is 5.62. The number of piperidine rings is 1. The molecule has 1 spiro atoms. The molecule has 1 aliphatic carbocycles. The van der Waals surface area contributed by atoms with Gasteiger partial charge >= 0.3 is 0 Å². The summed E-state index contributed by atoms with van der Waals surface area (Å²) >= 11 is 11.2. The molecule has 2 aromatic heterocycles. The Labute approximate surface area is 235 Å². The number of nitrogens with zero attached hydrogens (tertiary/aromatic N) is 5. The third-order valence-corrected chi connectivity index (χ3v) is 9.91. The number of anilines is 2. The molecule has 38 heavy (non-hydrogen) atoms. The van der Waals surface area contributed by atoms with E-state index in [1.807, 2.05) is 26.1 Å². The number of hydrogen-bond acceptors (Lipinski definition) is 8. The molecule has 3 aromatic rings. The van der Waals surface area contributed by atoms with Gasteiger partial charge in [0.25, 0.3) is 0 Å². The molecule has 2 aliphatic rings. The Kier molecular flexibility index (Phi) is 7.22. The van der Waals surface area contributed by atoms with Crippen LogP contribution in [0, 0.1) is 16.7 Å². The number of pyridine rings is 1. The molecule has 5 rings (SSSR count). The van der Waals surface area contributed by atoms with Gasteiger partial charge in [0.05, 0.1) is 15.6 Å². The maximum Gasteiger partial charge on any atom is 0.228 e. The minimum absolute atomic E-state index is 0.103. The van der Waals surface area contributed by atoms with E-state index in [1.54, 1.807) is 18.2 Å². The zero-order chi connectivity index (χ0) is 27.2. The minimum atomic E-state index is -1.42. The molecular weight excluding hydrogens is 541 g/mol. The number of rotatable bonds is 5. The first-order valence-electron chi connectivity index (χ1n) is 12.4. The maximum absolute atomic E-state index is 12.1. The van der Waals surface area contributed by atoms with E-state index in [4.69, 9.17) is 34.1 Å². The zero-order valence-electron chi connectivity index (χ0n) is 21.3. The molecule has 11 heteroatoms. The van der Waals surface area contributed by atoms with Gasteiger partial charge in [0.2, 0.25) is 5.95 Å². The van der Waals surface area contributed by atoms with Crippen molar-refractivity contribution in [2.75, 3.05) is 23.7 Å². The second-order valence-corrected chi connectivity index (χ2v) is 13.3. The Balaban J connectivity index is 1.35. The highest BCUT2D eigenvalue weighted by atomic mass is 35.5. The zero-order valence-corrected chi connectivity index (χ0v) is 23.6. The predicted molar refractivity (Wildman–Crippen MR) is 152 cm³/mol. The van der Waals surface area contributed by atoms with Crippen LogP contribution in [0.1, 0.15) is 49.2 Å². The number of halogens is 2. The van der Waals surface area contributed by atoms with Gasteiger partial charge in [-0.05, 0) is 68.2 Å². The van der Waals surface area contributed by atoms with Gasteiger partial charge in [-0.25, -0.2) is 4.98 Å². The number of fused-ring (bicyclic) bond motifs is 1. The molecule has 8 nitrogen and oxygen atoms in total. The van der Waals surface area contributed by atoms with Crippen LogP contribution in [0.25, 0.3) is 11.1 Å². The molecular formula is C27H29Cl2N7OS. The van der Waals surface area contributed by atoms with E-state index < -0.39 is 16.1 Å². The summed E-state index contributed by atoms with van der Waals surface area (Å²) in [5.41, 5.74) is 11.1. The Morgan fingerprint density at radius 1 is 1.18 bits per heavy atom. The van der Waals surface area contributed by atoms with Crippen molar-refractivity contribution >= 4 is 46.3 Å². The van der Waals surface area contributed by atoms with Gasteiger partial charge in [0, 0.05) is 48.3 Å². The van der Waals surface area contributed by atoms with Crippen LogP contribution in [-0.4, -0.2) is 37.3 Å². The van der Waals surface area contributed by atoms with E-state index in [9.17, 15) is 9.81 Å². The quantitative estimate of drug-likeness (QED) is 0.423. The molecule has 1 unspecified atom stereocenters. The smallest absolute Gasteiger partial charge is 0.228 e. The van der Waals surface area contributed by atoms with Gasteiger partial charge in [0.15, 0.2) is 5.69 Å². The summed E-state index contributed by atoms with van der Waals surface area (Å²) in [6, 6.07) is 9.37. The van der Waals surface area contributed by atoms with E-state index in [0.29, 0.717) is 33.5 Å². The normalized spacial score (nSPS) is 17.3. The molecule has 198 valence electrons. The summed E-state index contributed by atoms with van der Waals surface area (Å²) in [5.74, 6) is 0.635. The third kappa shape index (κ3) is 4.92. The summed E-state index contributed by atoms with van der Waals surface area (Å²) in [7, 11) is 0. The van der Waals surface area contributed by atoms with Crippen LogP contribution in [0.3, 0.4) is 0 Å². The lowest BCUT2D eigenvalue weighted by Crippen LogP contribution is -2.41. The molecule has 4 N–H and O–H groups in total. The lowest BCUT2D eigenvalue weighted by atomic mass is 9.76. The SMILES string of the molecule is CC(C)(Cc1ccnc2c1CC1(CCN(c3nc(N)c(-c4cccc(Cl)c4Cl)c(C#N)n3)CC1)C2)[S+](N)[O-]. The van der Waals surface area contributed by atoms with E-state index in [2.05, 4.69) is 25.9 Å². The van der Waals surface area contributed by atoms with Gasteiger partial charge in [-0.3, -0.25) is 4.98 Å². The fraction of sp³-hybridized carbons (Fsp3) is 0.407. The van der Waals surface area contributed by atoms with Gasteiger partial charge in [0.1, 0.15) is 16.6 Å². The molecule has 0 amide bonds. The molecule has 1 saturated heterocycles. The summed E-state index contributed by atoms with van der Waals surface area (Å²) in [5, 5.41) is 16.3. The van der Waals surface area contributed by atoms with Crippen molar-refractivity contribution < 1.29 is 4.55 Å². The lowest BCUT2D eigenvalue weighted by molar-refractivity contribution is 0.230. The van der Waals surface area contributed by atoms with Crippen molar-refractivity contribution in [3.8, 4) is 17.2 Å². The van der Waals surface area contributed by atoms with E-state index >= 15 is 0 Å². The van der Waals surface area contributed by atoms with Crippen LogP contribution in [0.15, 0.2) is 30.5 Å². The Morgan fingerprint density at radius 2 is 1.92 bits per heavy atom. The topological polar surface area (TPSA) is 141 Å². The molecule has 1 aliphatic heterocycles. The second kappa shape index (κ2) is 10.2. The Morgan fingerprint density at radius 3 is 2.61 bits per heavy atom. The first kappa shape index (κ1) is 27.0. The lowest BCUT2D eigenvalue weighted by Gasteiger charge is -2.39. The van der Waals surface area contributed by atoms with Gasteiger partial charge in [-0.1, -0.05) is 35.3 Å². The second-order valence-electron chi connectivity index (χ2n) is 10.8. The Bertz CT molecular complexity index is 1430.